The second-order valence-electron chi connectivity index (χ2n) is 2.84. The molecule has 88 valence electrons. The number of benzene rings is 1. The summed E-state index contributed by atoms with van der Waals surface area (Å²) in [7, 11) is 0. The Labute approximate surface area is 92.3 Å². The number of hydrogen-bond donors (Lipinski definition) is 1. The summed E-state index contributed by atoms with van der Waals surface area (Å²) in [5.41, 5.74) is -2.14. The Kier molecular flexibility index (Phi) is 3.47. The molecule has 0 aromatic heterocycles. The summed E-state index contributed by atoms with van der Waals surface area (Å²) in [6.07, 6.45) is -3.54. The molecule has 0 aliphatic rings. The fourth-order valence-corrected chi connectivity index (χ4v) is 1.61. The highest BCUT2D eigenvalue weighted by molar-refractivity contribution is 7.98. The molecular weight excluding hydrogens is 248 g/mol. The molecule has 0 amide bonds. The van der Waals surface area contributed by atoms with Crippen LogP contribution in [0.4, 0.5) is 17.6 Å². The van der Waals surface area contributed by atoms with Crippen LogP contribution >= 0.6 is 11.8 Å². The lowest BCUT2D eigenvalue weighted by Crippen LogP contribution is -2.11. The minimum atomic E-state index is -4.90. The van der Waals surface area contributed by atoms with E-state index in [-0.39, 0.29) is 11.0 Å². The van der Waals surface area contributed by atoms with Crippen molar-refractivity contribution in [2.45, 2.75) is 11.1 Å². The summed E-state index contributed by atoms with van der Waals surface area (Å²) >= 11 is 0.719. The van der Waals surface area contributed by atoms with Crippen LogP contribution in [0.1, 0.15) is 15.9 Å². The largest absolute Gasteiger partial charge is 0.478 e. The average Bonchev–Trinajstić information content (AvgIpc) is 2.15. The second-order valence-corrected chi connectivity index (χ2v) is 3.69. The number of carboxylic acids is 1. The lowest BCUT2D eigenvalue weighted by atomic mass is 10.1. The molecule has 1 aromatic carbocycles. The summed E-state index contributed by atoms with van der Waals surface area (Å²) in [6.45, 7) is 0. The molecule has 0 bridgehead atoms. The van der Waals surface area contributed by atoms with Crippen molar-refractivity contribution in [2.24, 2.45) is 0 Å². The molecule has 2 nitrogen and oxygen atoms in total. The SMILES string of the molecule is CSc1cc(C(=O)O)cc(C(F)(F)F)c1F. The molecule has 0 heterocycles. The van der Waals surface area contributed by atoms with Crippen LogP contribution in [0.3, 0.4) is 0 Å². The van der Waals surface area contributed by atoms with E-state index in [9.17, 15) is 22.4 Å². The zero-order valence-corrected chi connectivity index (χ0v) is 8.75. The van der Waals surface area contributed by atoms with E-state index in [1.54, 1.807) is 0 Å². The van der Waals surface area contributed by atoms with E-state index in [1.807, 2.05) is 0 Å². The quantitative estimate of drug-likeness (QED) is 0.650. The number of thioether (sulfide) groups is 1. The van der Waals surface area contributed by atoms with E-state index >= 15 is 0 Å². The topological polar surface area (TPSA) is 37.3 Å². The summed E-state index contributed by atoms with van der Waals surface area (Å²) in [5.74, 6) is -2.97. The number of alkyl halides is 3. The maximum Gasteiger partial charge on any atom is 0.419 e. The third-order valence-electron chi connectivity index (χ3n) is 1.81. The predicted molar refractivity (Wildman–Crippen MR) is 50.1 cm³/mol. The first-order chi connectivity index (χ1) is 7.27. The second kappa shape index (κ2) is 4.32. The van der Waals surface area contributed by atoms with Crippen LogP contribution in [0.2, 0.25) is 0 Å². The molecule has 0 aliphatic carbocycles. The summed E-state index contributed by atoms with van der Waals surface area (Å²) in [6, 6.07) is 1.16. The van der Waals surface area contributed by atoms with Crippen LogP contribution in [0.5, 0.6) is 0 Å². The van der Waals surface area contributed by atoms with Gasteiger partial charge < -0.3 is 5.11 Å². The van der Waals surface area contributed by atoms with Crippen molar-refractivity contribution < 1.29 is 27.5 Å². The van der Waals surface area contributed by atoms with Gasteiger partial charge >= 0.3 is 12.1 Å². The zero-order chi connectivity index (χ0) is 12.5. The van der Waals surface area contributed by atoms with Gasteiger partial charge in [-0.15, -0.1) is 11.8 Å². The van der Waals surface area contributed by atoms with E-state index in [2.05, 4.69) is 0 Å². The van der Waals surface area contributed by atoms with Gasteiger partial charge in [0, 0.05) is 4.90 Å². The van der Waals surface area contributed by atoms with Crippen molar-refractivity contribution >= 4 is 17.7 Å². The van der Waals surface area contributed by atoms with Crippen LogP contribution in [0.25, 0.3) is 0 Å². The van der Waals surface area contributed by atoms with Crippen LogP contribution in [0.15, 0.2) is 17.0 Å². The molecular formula is C9H6F4O2S. The van der Waals surface area contributed by atoms with Crippen molar-refractivity contribution in [1.29, 1.82) is 0 Å². The number of halogens is 4. The van der Waals surface area contributed by atoms with E-state index in [0.29, 0.717) is 0 Å². The first-order valence-corrected chi connectivity index (χ1v) is 5.18. The van der Waals surface area contributed by atoms with E-state index in [0.717, 1.165) is 17.8 Å². The van der Waals surface area contributed by atoms with Gasteiger partial charge in [0.15, 0.2) is 0 Å². The highest BCUT2D eigenvalue weighted by atomic mass is 32.2. The molecule has 0 radical (unpaired) electrons. The molecule has 16 heavy (non-hydrogen) atoms. The van der Waals surface area contributed by atoms with Gasteiger partial charge in [-0.2, -0.15) is 13.2 Å². The lowest BCUT2D eigenvalue weighted by molar-refractivity contribution is -0.140. The molecule has 1 N–H and O–H groups in total. The third-order valence-corrected chi connectivity index (χ3v) is 2.55. The highest BCUT2D eigenvalue weighted by Crippen LogP contribution is 2.35. The fourth-order valence-electron chi connectivity index (χ4n) is 1.08. The first kappa shape index (κ1) is 12.8. The maximum atomic E-state index is 13.3. The minimum Gasteiger partial charge on any atom is -0.478 e. The number of rotatable bonds is 2. The Hall–Kier alpha value is -1.24. The third kappa shape index (κ3) is 2.46. The molecule has 0 spiro atoms. The van der Waals surface area contributed by atoms with Crippen molar-refractivity contribution in [1.82, 2.24) is 0 Å². The molecule has 0 atom stereocenters. The smallest absolute Gasteiger partial charge is 0.419 e. The maximum absolute atomic E-state index is 13.3. The van der Waals surface area contributed by atoms with Crippen LogP contribution in [-0.4, -0.2) is 17.3 Å². The molecule has 7 heteroatoms. The molecule has 0 fully saturated rings. The average molecular weight is 254 g/mol. The van der Waals surface area contributed by atoms with E-state index in [4.69, 9.17) is 5.11 Å². The Balaban J connectivity index is 3.48. The zero-order valence-electron chi connectivity index (χ0n) is 7.93. The van der Waals surface area contributed by atoms with Crippen molar-refractivity contribution in [3.8, 4) is 0 Å². The van der Waals surface area contributed by atoms with Gasteiger partial charge in [0.2, 0.25) is 0 Å². The van der Waals surface area contributed by atoms with Gasteiger partial charge in [-0.1, -0.05) is 0 Å². The van der Waals surface area contributed by atoms with E-state index in [1.165, 1.54) is 6.26 Å². The van der Waals surface area contributed by atoms with Crippen molar-refractivity contribution in [2.75, 3.05) is 6.26 Å². The van der Waals surface area contributed by atoms with Crippen molar-refractivity contribution in [3.63, 3.8) is 0 Å². The van der Waals surface area contributed by atoms with Crippen LogP contribution in [0, 0.1) is 5.82 Å². The standard InChI is InChI=1S/C9H6F4O2S/c1-16-6-3-4(8(14)15)2-5(7(6)10)9(11,12)13/h2-3H,1H3,(H,14,15). The Morgan fingerprint density at radius 3 is 2.31 bits per heavy atom. The minimum absolute atomic E-state index is 0.289. The Bertz CT molecular complexity index is 428. The van der Waals surface area contributed by atoms with Crippen LogP contribution < -0.4 is 0 Å². The Morgan fingerprint density at radius 2 is 1.94 bits per heavy atom. The van der Waals surface area contributed by atoms with Gasteiger partial charge in [0.1, 0.15) is 5.82 Å². The number of carbonyl (C=O) groups is 1. The monoisotopic (exact) mass is 254 g/mol. The van der Waals surface area contributed by atoms with E-state index < -0.39 is 29.1 Å². The Morgan fingerprint density at radius 1 is 1.38 bits per heavy atom. The summed E-state index contributed by atoms with van der Waals surface area (Å²) < 4.78 is 50.4. The van der Waals surface area contributed by atoms with Gasteiger partial charge in [0.05, 0.1) is 11.1 Å². The lowest BCUT2D eigenvalue weighted by Gasteiger charge is -2.11. The van der Waals surface area contributed by atoms with Gasteiger partial charge in [-0.3, -0.25) is 0 Å². The molecule has 1 aromatic rings. The normalized spacial score (nSPS) is 11.6. The predicted octanol–water partition coefficient (Wildman–Crippen LogP) is 3.26. The molecule has 1 rings (SSSR count). The molecule has 0 aliphatic heterocycles. The molecule has 0 saturated carbocycles. The fraction of sp³-hybridized carbons (Fsp3) is 0.222. The van der Waals surface area contributed by atoms with Crippen LogP contribution in [-0.2, 0) is 6.18 Å². The summed E-state index contributed by atoms with van der Waals surface area (Å²) in [5, 5.41) is 8.59. The van der Waals surface area contributed by atoms with Gasteiger partial charge in [0.25, 0.3) is 0 Å². The molecule has 0 unspecified atom stereocenters. The molecule has 0 saturated heterocycles. The summed E-state index contributed by atoms with van der Waals surface area (Å²) in [4.78, 5) is 10.2. The number of carboxylic acid groups (broad SMARTS) is 1. The first-order valence-electron chi connectivity index (χ1n) is 3.95. The highest BCUT2D eigenvalue weighted by Gasteiger charge is 2.36. The van der Waals surface area contributed by atoms with Crippen molar-refractivity contribution in [3.05, 3.63) is 29.1 Å². The van der Waals surface area contributed by atoms with Gasteiger partial charge in [-0.25, -0.2) is 9.18 Å². The number of aromatic carboxylic acids is 1. The van der Waals surface area contributed by atoms with Gasteiger partial charge in [-0.05, 0) is 18.4 Å². The number of hydrogen-bond acceptors (Lipinski definition) is 2.